The lowest BCUT2D eigenvalue weighted by Gasteiger charge is -2.11. The van der Waals surface area contributed by atoms with Crippen LogP contribution in [-0.2, 0) is 12.7 Å². The first kappa shape index (κ1) is 20.5. The average Bonchev–Trinajstić information content (AvgIpc) is 2.47. The van der Waals surface area contributed by atoms with Gasteiger partial charge in [-0.1, -0.05) is 23.7 Å². The predicted octanol–water partition coefficient (Wildman–Crippen LogP) is 5.53. The minimum absolute atomic E-state index is 0. The number of rotatable bonds is 4. The number of hydrogen-bond donors (Lipinski definition) is 3. The van der Waals surface area contributed by atoms with Gasteiger partial charge in [0.25, 0.3) is 0 Å². The quantitative estimate of drug-likeness (QED) is 0.361. The third-order valence-corrected chi connectivity index (χ3v) is 3.32. The fourth-order valence-electron chi connectivity index (χ4n) is 1.75. The molecule has 0 aliphatic carbocycles. The fourth-order valence-corrected chi connectivity index (χ4v) is 2.05. The number of amidine groups is 1. The van der Waals surface area contributed by atoms with Crippen molar-refractivity contribution in [2.75, 3.05) is 0 Å². The summed E-state index contributed by atoms with van der Waals surface area (Å²) in [5.41, 5.74) is 0.0696. The van der Waals surface area contributed by atoms with Crippen molar-refractivity contribution in [2.24, 2.45) is 0 Å². The topological polar surface area (TPSA) is 45.1 Å². The van der Waals surface area contributed by atoms with E-state index in [-0.39, 0.29) is 28.3 Å². The molecule has 24 heavy (non-hydrogen) atoms. The molecule has 0 unspecified atom stereocenters. The Bertz CT molecular complexity index is 709. The van der Waals surface area contributed by atoms with Gasteiger partial charge in [-0.25, -0.2) is 0 Å². The van der Waals surface area contributed by atoms with Crippen LogP contribution < -0.4 is 10.1 Å². The van der Waals surface area contributed by atoms with Crippen molar-refractivity contribution in [3.05, 3.63) is 58.6 Å². The molecule has 0 spiro atoms. The summed E-state index contributed by atoms with van der Waals surface area (Å²) in [7, 11) is 0. The molecule has 0 saturated heterocycles. The standard InChI is InChI=1S/C15H12ClF3N2OS.ClH/c16-12-7-10(15(17,18)19)3-6-13(12)22-11-4-1-9(2-5-11)8-21-14(20)23;/h1-7H,8H2,(H3,20,21,23);1H. The van der Waals surface area contributed by atoms with Gasteiger partial charge >= 0.3 is 6.18 Å². The number of thiol groups is 1. The van der Waals surface area contributed by atoms with Gasteiger partial charge in [-0.15, -0.1) is 25.0 Å². The van der Waals surface area contributed by atoms with Crippen molar-refractivity contribution in [2.45, 2.75) is 12.7 Å². The summed E-state index contributed by atoms with van der Waals surface area (Å²) in [5.74, 6) is 0.582. The van der Waals surface area contributed by atoms with Crippen LogP contribution in [0.5, 0.6) is 11.5 Å². The van der Waals surface area contributed by atoms with Gasteiger partial charge < -0.3 is 10.1 Å². The zero-order valence-electron chi connectivity index (χ0n) is 12.0. The minimum atomic E-state index is -4.45. The number of alkyl halides is 3. The smallest absolute Gasteiger partial charge is 0.416 e. The van der Waals surface area contributed by atoms with E-state index in [1.807, 2.05) is 0 Å². The zero-order valence-corrected chi connectivity index (χ0v) is 14.5. The molecule has 9 heteroatoms. The van der Waals surface area contributed by atoms with Crippen molar-refractivity contribution < 1.29 is 17.9 Å². The molecule has 3 nitrogen and oxygen atoms in total. The van der Waals surface area contributed by atoms with E-state index in [0.29, 0.717) is 12.3 Å². The second-order valence-electron chi connectivity index (χ2n) is 4.59. The second-order valence-corrected chi connectivity index (χ2v) is 5.45. The lowest BCUT2D eigenvalue weighted by molar-refractivity contribution is -0.137. The molecule has 0 aromatic heterocycles. The molecule has 0 bridgehead atoms. The Balaban J connectivity index is 0.00000288. The summed E-state index contributed by atoms with van der Waals surface area (Å²) in [6.07, 6.45) is -4.45. The van der Waals surface area contributed by atoms with E-state index in [2.05, 4.69) is 17.9 Å². The van der Waals surface area contributed by atoms with E-state index < -0.39 is 11.7 Å². The maximum absolute atomic E-state index is 12.6. The molecule has 0 radical (unpaired) electrons. The Morgan fingerprint density at radius 2 is 1.79 bits per heavy atom. The first-order valence-electron chi connectivity index (χ1n) is 6.40. The lowest BCUT2D eigenvalue weighted by atomic mass is 10.2. The van der Waals surface area contributed by atoms with Crippen molar-refractivity contribution in [3.8, 4) is 11.5 Å². The number of ether oxygens (including phenoxy) is 1. The van der Waals surface area contributed by atoms with E-state index >= 15 is 0 Å². The van der Waals surface area contributed by atoms with Crippen molar-refractivity contribution in [3.63, 3.8) is 0 Å². The predicted molar refractivity (Wildman–Crippen MR) is 93.8 cm³/mol. The molecule has 2 rings (SSSR count). The van der Waals surface area contributed by atoms with Gasteiger partial charge in [-0.05, 0) is 35.9 Å². The number of hydrogen-bond acceptors (Lipinski definition) is 2. The maximum atomic E-state index is 12.6. The van der Waals surface area contributed by atoms with Crippen LogP contribution in [0.1, 0.15) is 11.1 Å². The Labute approximate surface area is 153 Å². The molecule has 0 aliphatic rings. The number of benzene rings is 2. The van der Waals surface area contributed by atoms with Crippen LogP contribution in [0.2, 0.25) is 5.02 Å². The maximum Gasteiger partial charge on any atom is 0.416 e. The third kappa shape index (κ3) is 5.81. The highest BCUT2D eigenvalue weighted by Crippen LogP contribution is 2.36. The molecule has 0 heterocycles. The van der Waals surface area contributed by atoms with Gasteiger partial charge in [-0.3, -0.25) is 5.41 Å². The van der Waals surface area contributed by atoms with Crippen LogP contribution in [0.15, 0.2) is 42.5 Å². The van der Waals surface area contributed by atoms with Crippen LogP contribution in [0.25, 0.3) is 0 Å². The average molecular weight is 397 g/mol. The number of nitrogens with one attached hydrogen (secondary N) is 2. The summed E-state index contributed by atoms with van der Waals surface area (Å²) in [4.78, 5) is 0. The molecule has 2 aromatic rings. The molecule has 2 aromatic carbocycles. The van der Waals surface area contributed by atoms with Crippen LogP contribution in [-0.4, -0.2) is 5.17 Å². The molecule has 0 atom stereocenters. The van der Waals surface area contributed by atoms with Gasteiger partial charge in [0.2, 0.25) is 0 Å². The fraction of sp³-hybridized carbons (Fsp3) is 0.133. The summed E-state index contributed by atoms with van der Waals surface area (Å²) in [6, 6.07) is 9.77. The van der Waals surface area contributed by atoms with Crippen LogP contribution >= 0.6 is 36.6 Å². The van der Waals surface area contributed by atoms with Crippen molar-refractivity contribution in [1.29, 1.82) is 5.41 Å². The van der Waals surface area contributed by atoms with E-state index in [1.54, 1.807) is 24.3 Å². The van der Waals surface area contributed by atoms with Crippen molar-refractivity contribution >= 4 is 41.8 Å². The summed E-state index contributed by atoms with van der Waals surface area (Å²) < 4.78 is 43.2. The lowest BCUT2D eigenvalue weighted by Crippen LogP contribution is -2.16. The van der Waals surface area contributed by atoms with Gasteiger partial charge in [-0.2, -0.15) is 13.2 Å². The highest BCUT2D eigenvalue weighted by atomic mass is 35.5. The Morgan fingerprint density at radius 1 is 1.17 bits per heavy atom. The molecular formula is C15H13Cl2F3N2OS. The molecule has 0 aliphatic heterocycles. The molecule has 0 fully saturated rings. The largest absolute Gasteiger partial charge is 0.456 e. The van der Waals surface area contributed by atoms with Gasteiger partial charge in [0, 0.05) is 6.54 Å². The first-order valence-corrected chi connectivity index (χ1v) is 7.23. The van der Waals surface area contributed by atoms with Gasteiger partial charge in [0.1, 0.15) is 11.5 Å². The first-order chi connectivity index (χ1) is 10.8. The molecule has 2 N–H and O–H groups in total. The van der Waals surface area contributed by atoms with E-state index in [9.17, 15) is 13.2 Å². The summed E-state index contributed by atoms with van der Waals surface area (Å²) >= 11 is 9.64. The molecule has 0 amide bonds. The summed E-state index contributed by atoms with van der Waals surface area (Å²) in [5, 5.41) is 9.83. The van der Waals surface area contributed by atoms with E-state index in [1.165, 1.54) is 6.07 Å². The monoisotopic (exact) mass is 396 g/mol. The number of halogens is 5. The van der Waals surface area contributed by atoms with Crippen molar-refractivity contribution in [1.82, 2.24) is 5.32 Å². The third-order valence-electron chi connectivity index (χ3n) is 2.87. The van der Waals surface area contributed by atoms with Gasteiger partial charge in [0.05, 0.1) is 10.6 Å². The second kappa shape index (κ2) is 8.50. The zero-order chi connectivity index (χ0) is 17.0. The molecule has 0 saturated carbocycles. The highest BCUT2D eigenvalue weighted by Gasteiger charge is 2.31. The van der Waals surface area contributed by atoms with Crippen LogP contribution in [0, 0.1) is 5.41 Å². The Hall–Kier alpha value is -1.57. The Kier molecular flexibility index (Phi) is 7.26. The van der Waals surface area contributed by atoms with E-state index in [4.69, 9.17) is 21.7 Å². The SMILES string of the molecule is Cl.N=C(S)NCc1ccc(Oc2ccc(C(F)(F)F)cc2Cl)cc1. The minimum Gasteiger partial charge on any atom is -0.456 e. The highest BCUT2D eigenvalue weighted by molar-refractivity contribution is 7.96. The van der Waals surface area contributed by atoms with E-state index in [0.717, 1.165) is 17.7 Å². The normalized spacial score (nSPS) is 10.7. The summed E-state index contributed by atoms with van der Waals surface area (Å²) in [6.45, 7) is 0.434. The van der Waals surface area contributed by atoms with Gasteiger partial charge in [0.15, 0.2) is 5.17 Å². The van der Waals surface area contributed by atoms with Crippen LogP contribution in [0.3, 0.4) is 0 Å². The Morgan fingerprint density at radius 3 is 2.29 bits per heavy atom. The van der Waals surface area contributed by atoms with Crippen LogP contribution in [0.4, 0.5) is 13.2 Å². The molecule has 130 valence electrons. The molecular weight excluding hydrogens is 384 g/mol.